The van der Waals surface area contributed by atoms with E-state index in [0.29, 0.717) is 11.1 Å². The zero-order valence-corrected chi connectivity index (χ0v) is 11.0. The second-order valence-corrected chi connectivity index (χ2v) is 4.90. The molecule has 0 radical (unpaired) electrons. The first-order valence-electron chi connectivity index (χ1n) is 6.64. The number of hydrogen-bond donors (Lipinski definition) is 2. The molecular weight excluding hydrogens is 252 g/mol. The Hall–Kier alpha value is -2.33. The molecule has 1 atom stereocenters. The number of oxazole rings is 1. The van der Waals surface area contributed by atoms with Gasteiger partial charge in [0.15, 0.2) is 5.58 Å². The summed E-state index contributed by atoms with van der Waals surface area (Å²) < 4.78 is 5.05. The van der Waals surface area contributed by atoms with Crippen LogP contribution in [0.4, 0.5) is 0 Å². The molecule has 0 bridgehead atoms. The van der Waals surface area contributed by atoms with Crippen LogP contribution in [-0.2, 0) is 6.42 Å². The van der Waals surface area contributed by atoms with Crippen molar-refractivity contribution in [3.63, 3.8) is 0 Å². The molecule has 3 aromatic rings. The van der Waals surface area contributed by atoms with E-state index in [4.69, 9.17) is 10.2 Å². The Kier molecular flexibility index (Phi) is 3.39. The highest BCUT2D eigenvalue weighted by molar-refractivity contribution is 5.72. The second-order valence-electron chi connectivity index (χ2n) is 4.90. The first-order chi connectivity index (χ1) is 9.72. The fraction of sp³-hybridized carbons (Fsp3) is 0.188. The van der Waals surface area contributed by atoms with Crippen molar-refractivity contribution < 1.29 is 4.42 Å². The molecule has 1 heterocycles. The number of benzene rings is 2. The summed E-state index contributed by atoms with van der Waals surface area (Å²) in [5, 5.41) is 0. The molecule has 20 heavy (non-hydrogen) atoms. The zero-order chi connectivity index (χ0) is 13.9. The van der Waals surface area contributed by atoms with Crippen LogP contribution in [0.25, 0.3) is 11.1 Å². The van der Waals surface area contributed by atoms with Crippen LogP contribution in [0.2, 0.25) is 0 Å². The van der Waals surface area contributed by atoms with Gasteiger partial charge in [-0.25, -0.2) is 4.79 Å². The van der Waals surface area contributed by atoms with Gasteiger partial charge in [0.1, 0.15) is 0 Å². The van der Waals surface area contributed by atoms with Gasteiger partial charge < -0.3 is 10.2 Å². The van der Waals surface area contributed by atoms with Gasteiger partial charge in [0.05, 0.1) is 5.52 Å². The minimum absolute atomic E-state index is 0.0696. The molecule has 0 saturated carbocycles. The number of hydrogen-bond acceptors (Lipinski definition) is 3. The Bertz CT molecular complexity index is 759. The maximum absolute atomic E-state index is 11.1. The monoisotopic (exact) mass is 268 g/mol. The predicted molar refractivity (Wildman–Crippen MR) is 78.5 cm³/mol. The quantitative estimate of drug-likeness (QED) is 0.764. The van der Waals surface area contributed by atoms with Crippen molar-refractivity contribution in [1.29, 1.82) is 0 Å². The van der Waals surface area contributed by atoms with E-state index in [1.54, 1.807) is 0 Å². The van der Waals surface area contributed by atoms with Gasteiger partial charge in [-0.15, -0.1) is 0 Å². The molecule has 3 N–H and O–H groups in total. The van der Waals surface area contributed by atoms with Crippen LogP contribution < -0.4 is 11.5 Å². The highest BCUT2D eigenvalue weighted by Gasteiger charge is 2.09. The Morgan fingerprint density at radius 2 is 1.95 bits per heavy atom. The summed E-state index contributed by atoms with van der Waals surface area (Å²) in [5.74, 6) is -0.435. The maximum Gasteiger partial charge on any atom is 0.417 e. The molecule has 0 spiro atoms. The molecule has 4 heteroatoms. The van der Waals surface area contributed by atoms with Crippen molar-refractivity contribution in [2.75, 3.05) is 0 Å². The number of aromatic amines is 1. The van der Waals surface area contributed by atoms with Crippen LogP contribution in [0.1, 0.15) is 23.6 Å². The third kappa shape index (κ3) is 2.65. The average Bonchev–Trinajstić information content (AvgIpc) is 2.85. The lowest BCUT2D eigenvalue weighted by Gasteiger charge is -2.11. The standard InChI is InChI=1S/C16H16N2O2/c17-13(8-6-11-4-2-1-3-5-11)12-7-9-14-15(10-12)20-16(19)18-14/h1-5,7,9-10,13H,6,8,17H2,(H,18,19). The van der Waals surface area contributed by atoms with E-state index in [0.717, 1.165) is 18.4 Å². The lowest BCUT2D eigenvalue weighted by molar-refractivity contribution is 0.554. The fourth-order valence-electron chi connectivity index (χ4n) is 2.33. The highest BCUT2D eigenvalue weighted by atomic mass is 16.4. The summed E-state index contributed by atoms with van der Waals surface area (Å²) in [4.78, 5) is 13.7. The molecule has 102 valence electrons. The van der Waals surface area contributed by atoms with E-state index < -0.39 is 5.76 Å². The topological polar surface area (TPSA) is 72.0 Å². The van der Waals surface area contributed by atoms with Crippen LogP contribution in [0, 0.1) is 0 Å². The molecule has 3 rings (SSSR count). The Labute approximate surface area is 116 Å². The van der Waals surface area contributed by atoms with Crippen LogP contribution in [0.3, 0.4) is 0 Å². The van der Waals surface area contributed by atoms with Crippen LogP contribution in [-0.4, -0.2) is 4.98 Å². The number of aryl methyl sites for hydroxylation is 1. The maximum atomic E-state index is 11.1. The first-order valence-corrected chi connectivity index (χ1v) is 6.64. The highest BCUT2D eigenvalue weighted by Crippen LogP contribution is 2.20. The molecule has 0 amide bonds. The number of rotatable bonds is 4. The van der Waals surface area contributed by atoms with Gasteiger partial charge >= 0.3 is 5.76 Å². The Morgan fingerprint density at radius 1 is 1.15 bits per heavy atom. The minimum atomic E-state index is -0.435. The molecule has 0 aliphatic carbocycles. The molecule has 0 aliphatic rings. The summed E-state index contributed by atoms with van der Waals surface area (Å²) in [7, 11) is 0. The van der Waals surface area contributed by atoms with E-state index in [-0.39, 0.29) is 6.04 Å². The van der Waals surface area contributed by atoms with Gasteiger partial charge in [-0.3, -0.25) is 4.98 Å². The summed E-state index contributed by atoms with van der Waals surface area (Å²) in [6.07, 6.45) is 1.78. The van der Waals surface area contributed by atoms with Gasteiger partial charge in [-0.1, -0.05) is 36.4 Å². The van der Waals surface area contributed by atoms with E-state index >= 15 is 0 Å². The fourth-order valence-corrected chi connectivity index (χ4v) is 2.33. The number of nitrogens with one attached hydrogen (secondary N) is 1. The third-order valence-electron chi connectivity index (χ3n) is 3.46. The van der Waals surface area contributed by atoms with E-state index in [1.807, 2.05) is 36.4 Å². The second kappa shape index (κ2) is 5.35. The summed E-state index contributed by atoms with van der Waals surface area (Å²) >= 11 is 0. The summed E-state index contributed by atoms with van der Waals surface area (Å²) in [6, 6.07) is 15.8. The minimum Gasteiger partial charge on any atom is -0.408 e. The number of fused-ring (bicyclic) bond motifs is 1. The smallest absolute Gasteiger partial charge is 0.408 e. The lowest BCUT2D eigenvalue weighted by atomic mass is 9.99. The lowest BCUT2D eigenvalue weighted by Crippen LogP contribution is -2.11. The van der Waals surface area contributed by atoms with Crippen molar-refractivity contribution in [3.8, 4) is 0 Å². The number of aromatic nitrogens is 1. The number of nitrogens with two attached hydrogens (primary N) is 1. The van der Waals surface area contributed by atoms with Crippen LogP contribution in [0.5, 0.6) is 0 Å². The molecule has 1 unspecified atom stereocenters. The molecular formula is C16H16N2O2. The van der Waals surface area contributed by atoms with Gasteiger partial charge in [-0.05, 0) is 36.1 Å². The molecule has 4 nitrogen and oxygen atoms in total. The normalized spacial score (nSPS) is 12.7. The van der Waals surface area contributed by atoms with Gasteiger partial charge in [0.2, 0.25) is 0 Å². The largest absolute Gasteiger partial charge is 0.417 e. The number of H-pyrrole nitrogens is 1. The van der Waals surface area contributed by atoms with Gasteiger partial charge in [-0.2, -0.15) is 0 Å². The van der Waals surface area contributed by atoms with Gasteiger partial charge in [0.25, 0.3) is 0 Å². The van der Waals surface area contributed by atoms with Gasteiger partial charge in [0, 0.05) is 6.04 Å². The van der Waals surface area contributed by atoms with E-state index in [2.05, 4.69) is 17.1 Å². The van der Waals surface area contributed by atoms with Crippen molar-refractivity contribution in [3.05, 3.63) is 70.2 Å². The average molecular weight is 268 g/mol. The van der Waals surface area contributed by atoms with E-state index in [1.165, 1.54) is 5.56 Å². The van der Waals surface area contributed by atoms with Crippen molar-refractivity contribution in [1.82, 2.24) is 4.98 Å². The Balaban J connectivity index is 1.74. The third-order valence-corrected chi connectivity index (χ3v) is 3.46. The molecule has 2 aromatic carbocycles. The molecule has 0 aliphatic heterocycles. The van der Waals surface area contributed by atoms with Crippen molar-refractivity contribution in [2.24, 2.45) is 5.73 Å². The SMILES string of the molecule is NC(CCc1ccccc1)c1ccc2[nH]c(=O)oc2c1. The Morgan fingerprint density at radius 3 is 2.75 bits per heavy atom. The van der Waals surface area contributed by atoms with Crippen LogP contribution >= 0.6 is 0 Å². The molecule has 0 fully saturated rings. The molecule has 0 saturated heterocycles. The summed E-state index contributed by atoms with van der Waals surface area (Å²) in [5.41, 5.74) is 9.73. The van der Waals surface area contributed by atoms with Crippen molar-refractivity contribution in [2.45, 2.75) is 18.9 Å². The van der Waals surface area contributed by atoms with E-state index in [9.17, 15) is 4.79 Å². The molecule has 1 aromatic heterocycles. The summed E-state index contributed by atoms with van der Waals surface area (Å²) in [6.45, 7) is 0. The zero-order valence-electron chi connectivity index (χ0n) is 11.0. The van der Waals surface area contributed by atoms with Crippen LogP contribution in [0.15, 0.2) is 57.7 Å². The predicted octanol–water partition coefficient (Wildman–Crippen LogP) is 2.75. The van der Waals surface area contributed by atoms with Crippen molar-refractivity contribution >= 4 is 11.1 Å². The first kappa shape index (κ1) is 12.7.